The summed E-state index contributed by atoms with van der Waals surface area (Å²) in [4.78, 5) is 0. The van der Waals surface area contributed by atoms with Crippen molar-refractivity contribution in [2.24, 2.45) is 0 Å². The average Bonchev–Trinajstić information content (AvgIpc) is 2.23. The van der Waals surface area contributed by atoms with Crippen LogP contribution in [0.25, 0.3) is 0 Å². The summed E-state index contributed by atoms with van der Waals surface area (Å²) < 4.78 is 26.8. The number of hydrogen-bond acceptors (Lipinski definition) is 1. The van der Waals surface area contributed by atoms with Crippen LogP contribution in [-0.4, -0.2) is 6.54 Å². The lowest BCUT2D eigenvalue weighted by molar-refractivity contribution is 0.447. The van der Waals surface area contributed by atoms with Gasteiger partial charge in [0.2, 0.25) is 0 Å². The Bertz CT molecular complexity index is 349. The molecule has 0 spiro atoms. The number of benzene rings is 1. The Labute approximate surface area is 82.1 Å². The van der Waals surface area contributed by atoms with Gasteiger partial charge < -0.3 is 5.32 Å². The lowest BCUT2D eigenvalue weighted by Gasteiger charge is -2.26. The maximum absolute atomic E-state index is 13.5. The van der Waals surface area contributed by atoms with Crippen molar-refractivity contribution in [3.63, 3.8) is 0 Å². The van der Waals surface area contributed by atoms with Crippen LogP contribution < -0.4 is 5.32 Å². The summed E-state index contributed by atoms with van der Waals surface area (Å²) in [5.74, 6) is -0.568. The smallest absolute Gasteiger partial charge is 0.128 e. The number of fused-ring (bicyclic) bond motifs is 1. The van der Waals surface area contributed by atoms with Gasteiger partial charge in [-0.2, -0.15) is 0 Å². The van der Waals surface area contributed by atoms with Gasteiger partial charge in [0, 0.05) is 11.6 Å². The fourth-order valence-electron chi connectivity index (χ4n) is 2.06. The quantitative estimate of drug-likeness (QED) is 0.729. The normalized spacial score (nSPS) is 20.6. The fourth-order valence-corrected chi connectivity index (χ4v) is 2.06. The van der Waals surface area contributed by atoms with Crippen molar-refractivity contribution in [1.29, 1.82) is 0 Å². The molecule has 1 aliphatic rings. The van der Waals surface area contributed by atoms with Gasteiger partial charge in [0.05, 0.1) is 0 Å². The maximum atomic E-state index is 13.5. The number of nitrogens with one attached hydrogen (secondary N) is 1. The zero-order valence-corrected chi connectivity index (χ0v) is 8.11. The Hall–Kier alpha value is -0.960. The van der Waals surface area contributed by atoms with Crippen LogP contribution in [0.15, 0.2) is 12.1 Å². The Morgan fingerprint density at radius 3 is 2.79 bits per heavy atom. The second-order valence-electron chi connectivity index (χ2n) is 3.59. The van der Waals surface area contributed by atoms with E-state index in [2.05, 4.69) is 5.32 Å². The summed E-state index contributed by atoms with van der Waals surface area (Å²) in [6.07, 6.45) is 1.36. The van der Waals surface area contributed by atoms with Crippen molar-refractivity contribution in [2.45, 2.75) is 25.8 Å². The van der Waals surface area contributed by atoms with Crippen LogP contribution in [0.2, 0.25) is 0 Å². The molecule has 1 aromatic carbocycles. The molecule has 1 N–H and O–H groups in total. The van der Waals surface area contributed by atoms with Crippen molar-refractivity contribution in [3.8, 4) is 0 Å². The van der Waals surface area contributed by atoms with E-state index in [1.165, 1.54) is 12.1 Å². The van der Waals surface area contributed by atoms with Crippen LogP contribution in [0.3, 0.4) is 0 Å². The standard InChI is InChI=1S/C11H13F2N/c1-2-10-11-7(5-6-14-10)8(12)3-4-9(11)13/h3-4,10,14H,2,5-6H2,1H3. The van der Waals surface area contributed by atoms with Crippen LogP contribution >= 0.6 is 0 Å². The van der Waals surface area contributed by atoms with Crippen molar-refractivity contribution in [1.82, 2.24) is 5.32 Å². The molecule has 76 valence electrons. The van der Waals surface area contributed by atoms with E-state index in [4.69, 9.17) is 0 Å². The van der Waals surface area contributed by atoms with Crippen LogP contribution in [-0.2, 0) is 6.42 Å². The predicted octanol–water partition coefficient (Wildman–Crippen LogP) is 2.56. The summed E-state index contributed by atoms with van der Waals surface area (Å²) in [6, 6.07) is 2.39. The second kappa shape index (κ2) is 3.65. The lowest BCUT2D eigenvalue weighted by Crippen LogP contribution is -2.31. The molecule has 1 atom stereocenters. The SMILES string of the molecule is CCC1NCCc2c(F)ccc(F)c21. The van der Waals surface area contributed by atoms with Crippen molar-refractivity contribution >= 4 is 0 Å². The largest absolute Gasteiger partial charge is 0.309 e. The van der Waals surface area contributed by atoms with E-state index in [0.717, 1.165) is 13.0 Å². The molecular formula is C11H13F2N. The summed E-state index contributed by atoms with van der Waals surface area (Å²) in [5, 5.41) is 3.19. The first-order valence-electron chi connectivity index (χ1n) is 4.94. The Morgan fingerprint density at radius 1 is 1.36 bits per heavy atom. The molecule has 1 heterocycles. The van der Waals surface area contributed by atoms with Gasteiger partial charge in [0.1, 0.15) is 11.6 Å². The number of hydrogen-bond donors (Lipinski definition) is 1. The van der Waals surface area contributed by atoms with Gasteiger partial charge in [-0.1, -0.05) is 6.92 Å². The third-order valence-electron chi connectivity index (χ3n) is 2.77. The highest BCUT2D eigenvalue weighted by Gasteiger charge is 2.24. The van der Waals surface area contributed by atoms with Gasteiger partial charge in [0.25, 0.3) is 0 Å². The molecule has 0 amide bonds. The number of halogens is 2. The van der Waals surface area contributed by atoms with Crippen LogP contribution in [0.4, 0.5) is 8.78 Å². The van der Waals surface area contributed by atoms with E-state index in [-0.39, 0.29) is 17.7 Å². The molecule has 0 bridgehead atoms. The van der Waals surface area contributed by atoms with E-state index in [1.54, 1.807) is 0 Å². The highest BCUT2D eigenvalue weighted by atomic mass is 19.1. The van der Waals surface area contributed by atoms with E-state index in [0.29, 0.717) is 17.5 Å². The van der Waals surface area contributed by atoms with Crippen LogP contribution in [0.5, 0.6) is 0 Å². The van der Waals surface area contributed by atoms with E-state index >= 15 is 0 Å². The summed E-state index contributed by atoms with van der Waals surface area (Å²) >= 11 is 0. The maximum Gasteiger partial charge on any atom is 0.128 e. The highest BCUT2D eigenvalue weighted by Crippen LogP contribution is 2.29. The minimum atomic E-state index is -0.291. The fraction of sp³-hybridized carbons (Fsp3) is 0.455. The molecule has 0 aliphatic carbocycles. The van der Waals surface area contributed by atoms with Gasteiger partial charge in [0.15, 0.2) is 0 Å². The zero-order valence-electron chi connectivity index (χ0n) is 8.11. The predicted molar refractivity (Wildman–Crippen MR) is 51.1 cm³/mol. The highest BCUT2D eigenvalue weighted by molar-refractivity contribution is 5.34. The van der Waals surface area contributed by atoms with E-state index < -0.39 is 0 Å². The minimum Gasteiger partial charge on any atom is -0.309 e. The summed E-state index contributed by atoms with van der Waals surface area (Å²) in [6.45, 7) is 2.70. The molecule has 0 radical (unpaired) electrons. The Balaban J connectivity index is 2.55. The van der Waals surface area contributed by atoms with Gasteiger partial charge in [-0.05, 0) is 37.1 Å². The molecule has 0 saturated carbocycles. The molecule has 1 nitrogen and oxygen atoms in total. The Morgan fingerprint density at radius 2 is 2.07 bits per heavy atom. The molecule has 0 fully saturated rings. The first kappa shape index (κ1) is 9.59. The van der Waals surface area contributed by atoms with Crippen LogP contribution in [0, 0.1) is 11.6 Å². The van der Waals surface area contributed by atoms with Crippen molar-refractivity contribution in [3.05, 3.63) is 34.9 Å². The molecule has 0 aromatic heterocycles. The Kier molecular flexibility index (Phi) is 2.50. The molecular weight excluding hydrogens is 184 g/mol. The van der Waals surface area contributed by atoms with Gasteiger partial charge in [-0.3, -0.25) is 0 Å². The molecule has 2 rings (SSSR count). The first-order chi connectivity index (χ1) is 6.74. The third-order valence-corrected chi connectivity index (χ3v) is 2.77. The lowest BCUT2D eigenvalue weighted by atomic mass is 9.92. The zero-order chi connectivity index (χ0) is 10.1. The molecule has 3 heteroatoms. The minimum absolute atomic E-state index is 0.0329. The topological polar surface area (TPSA) is 12.0 Å². The average molecular weight is 197 g/mol. The van der Waals surface area contributed by atoms with E-state index in [9.17, 15) is 8.78 Å². The van der Waals surface area contributed by atoms with Gasteiger partial charge >= 0.3 is 0 Å². The number of rotatable bonds is 1. The van der Waals surface area contributed by atoms with Crippen molar-refractivity contribution in [2.75, 3.05) is 6.54 Å². The first-order valence-corrected chi connectivity index (χ1v) is 4.94. The van der Waals surface area contributed by atoms with Crippen molar-refractivity contribution < 1.29 is 8.78 Å². The molecule has 1 aliphatic heterocycles. The third kappa shape index (κ3) is 1.42. The van der Waals surface area contributed by atoms with Gasteiger partial charge in [-0.25, -0.2) is 8.78 Å². The molecule has 1 aromatic rings. The van der Waals surface area contributed by atoms with Gasteiger partial charge in [-0.15, -0.1) is 0 Å². The summed E-state index contributed by atoms with van der Waals surface area (Å²) in [5.41, 5.74) is 1.08. The molecule has 0 saturated heterocycles. The summed E-state index contributed by atoms with van der Waals surface area (Å²) in [7, 11) is 0. The monoisotopic (exact) mass is 197 g/mol. The molecule has 1 unspecified atom stereocenters. The van der Waals surface area contributed by atoms with E-state index in [1.807, 2.05) is 6.92 Å². The molecule has 14 heavy (non-hydrogen) atoms. The second-order valence-corrected chi connectivity index (χ2v) is 3.59. The van der Waals surface area contributed by atoms with Crippen LogP contribution in [0.1, 0.15) is 30.5 Å².